The number of hydrogen-bond donors (Lipinski definition) is 2. The van der Waals surface area contributed by atoms with Crippen LogP contribution in [-0.2, 0) is 16.0 Å². The summed E-state index contributed by atoms with van der Waals surface area (Å²) in [5.41, 5.74) is 4.25. The Morgan fingerprint density at radius 2 is 1.83 bits per heavy atom. The molecule has 23 heavy (non-hydrogen) atoms. The minimum atomic E-state index is -0.386. The largest absolute Gasteiger partial charge is 0.349 e. The lowest BCUT2D eigenvalue weighted by molar-refractivity contribution is -0.125. The Morgan fingerprint density at radius 3 is 2.70 bits per heavy atom. The van der Waals surface area contributed by atoms with E-state index in [1.807, 2.05) is 36.4 Å². The highest BCUT2D eigenvalue weighted by Crippen LogP contribution is 2.35. The molecular formula is C19H18N2O2. The van der Waals surface area contributed by atoms with Crippen LogP contribution >= 0.6 is 0 Å². The quantitative estimate of drug-likeness (QED) is 0.916. The Balaban J connectivity index is 1.46. The van der Waals surface area contributed by atoms with Gasteiger partial charge in [0.25, 0.3) is 0 Å². The molecule has 1 aliphatic carbocycles. The van der Waals surface area contributed by atoms with Gasteiger partial charge in [-0.1, -0.05) is 42.5 Å². The Morgan fingerprint density at radius 1 is 1.09 bits per heavy atom. The first-order chi connectivity index (χ1) is 11.2. The van der Waals surface area contributed by atoms with Crippen LogP contribution in [0.25, 0.3) is 0 Å². The number of nitrogens with one attached hydrogen (secondary N) is 2. The lowest BCUT2D eigenvalue weighted by Crippen LogP contribution is -2.29. The highest BCUT2D eigenvalue weighted by atomic mass is 16.2. The molecule has 0 spiro atoms. The number of aryl methyl sites for hydroxylation is 1. The third-order valence-corrected chi connectivity index (χ3v) is 4.77. The fraction of sp³-hybridized carbons (Fsp3) is 0.263. The molecule has 1 aliphatic heterocycles. The summed E-state index contributed by atoms with van der Waals surface area (Å²) in [7, 11) is 0. The van der Waals surface area contributed by atoms with Gasteiger partial charge >= 0.3 is 0 Å². The van der Waals surface area contributed by atoms with Crippen molar-refractivity contribution < 1.29 is 9.59 Å². The number of fused-ring (bicyclic) bond motifs is 2. The average molecular weight is 306 g/mol. The summed E-state index contributed by atoms with van der Waals surface area (Å²) < 4.78 is 0. The first-order valence-electron chi connectivity index (χ1n) is 7.99. The molecule has 2 aromatic carbocycles. The monoisotopic (exact) mass is 306 g/mol. The molecule has 0 radical (unpaired) electrons. The van der Waals surface area contributed by atoms with Gasteiger partial charge in [-0.2, -0.15) is 0 Å². The van der Waals surface area contributed by atoms with E-state index in [9.17, 15) is 9.59 Å². The van der Waals surface area contributed by atoms with Crippen molar-refractivity contribution in [2.45, 2.75) is 31.2 Å². The van der Waals surface area contributed by atoms with Crippen LogP contribution in [0.2, 0.25) is 0 Å². The van der Waals surface area contributed by atoms with Gasteiger partial charge < -0.3 is 10.6 Å². The van der Waals surface area contributed by atoms with E-state index < -0.39 is 0 Å². The molecule has 0 unspecified atom stereocenters. The molecule has 2 atom stereocenters. The molecule has 1 heterocycles. The summed E-state index contributed by atoms with van der Waals surface area (Å²) in [6, 6.07) is 15.9. The van der Waals surface area contributed by atoms with Crippen molar-refractivity contribution in [3.05, 3.63) is 65.2 Å². The van der Waals surface area contributed by atoms with Crippen molar-refractivity contribution in [2.24, 2.45) is 0 Å². The standard InChI is InChI=1S/C19H18N2O2/c22-18(20-17-10-9-12-5-1-2-6-13(12)17)11-15-14-7-3-4-8-16(14)21-19(15)23/h1-8,15,17H,9-11H2,(H,20,22)(H,21,23)/t15-,17-/m1/s1. The minimum Gasteiger partial charge on any atom is -0.349 e. The number of rotatable bonds is 3. The van der Waals surface area contributed by atoms with E-state index in [1.165, 1.54) is 11.1 Å². The Labute approximate surface area is 134 Å². The summed E-state index contributed by atoms with van der Waals surface area (Å²) in [5, 5.41) is 5.94. The number of carbonyl (C=O) groups is 2. The molecule has 2 aromatic rings. The lowest BCUT2D eigenvalue weighted by Gasteiger charge is -2.16. The van der Waals surface area contributed by atoms with Crippen molar-refractivity contribution in [2.75, 3.05) is 5.32 Å². The van der Waals surface area contributed by atoms with Crippen molar-refractivity contribution in [3.8, 4) is 0 Å². The Hall–Kier alpha value is -2.62. The molecule has 2 N–H and O–H groups in total. The number of amides is 2. The first kappa shape index (κ1) is 14.0. The molecule has 4 heteroatoms. The number of carbonyl (C=O) groups excluding carboxylic acids is 2. The summed E-state index contributed by atoms with van der Waals surface area (Å²) >= 11 is 0. The van der Waals surface area contributed by atoms with Gasteiger partial charge in [0.15, 0.2) is 0 Å². The SMILES string of the molecule is O=C(C[C@H]1C(=O)Nc2ccccc21)N[C@@H]1CCc2ccccc21. The van der Waals surface area contributed by atoms with Crippen LogP contribution in [0, 0.1) is 0 Å². The van der Waals surface area contributed by atoms with E-state index in [0.29, 0.717) is 0 Å². The smallest absolute Gasteiger partial charge is 0.232 e. The van der Waals surface area contributed by atoms with Gasteiger partial charge in [-0.15, -0.1) is 0 Å². The predicted octanol–water partition coefficient (Wildman–Crippen LogP) is 2.92. The van der Waals surface area contributed by atoms with Gasteiger partial charge in [-0.25, -0.2) is 0 Å². The van der Waals surface area contributed by atoms with Crippen LogP contribution in [0.4, 0.5) is 5.69 Å². The highest BCUT2D eigenvalue weighted by Gasteiger charge is 2.33. The van der Waals surface area contributed by atoms with Gasteiger partial charge in [0.1, 0.15) is 0 Å². The maximum atomic E-state index is 12.4. The molecule has 0 aromatic heterocycles. The zero-order valence-electron chi connectivity index (χ0n) is 12.7. The average Bonchev–Trinajstić information content (AvgIpc) is 3.10. The van der Waals surface area contributed by atoms with Gasteiger partial charge in [0.2, 0.25) is 11.8 Å². The van der Waals surface area contributed by atoms with Crippen LogP contribution in [0.1, 0.15) is 41.5 Å². The van der Waals surface area contributed by atoms with Crippen LogP contribution in [-0.4, -0.2) is 11.8 Å². The second-order valence-electron chi connectivity index (χ2n) is 6.19. The normalized spacial score (nSPS) is 21.5. The van der Waals surface area contributed by atoms with E-state index in [2.05, 4.69) is 22.8 Å². The van der Waals surface area contributed by atoms with Crippen LogP contribution in [0.3, 0.4) is 0 Å². The Bertz CT molecular complexity index is 784. The predicted molar refractivity (Wildman–Crippen MR) is 88.1 cm³/mol. The summed E-state index contributed by atoms with van der Waals surface area (Å²) in [6.07, 6.45) is 2.12. The van der Waals surface area contributed by atoms with E-state index in [0.717, 1.165) is 24.1 Å². The van der Waals surface area contributed by atoms with Crippen LogP contribution in [0.15, 0.2) is 48.5 Å². The number of anilines is 1. The molecule has 0 saturated heterocycles. The van der Waals surface area contributed by atoms with E-state index >= 15 is 0 Å². The first-order valence-corrected chi connectivity index (χ1v) is 7.99. The third-order valence-electron chi connectivity index (χ3n) is 4.77. The van der Waals surface area contributed by atoms with E-state index in [1.54, 1.807) is 0 Å². The van der Waals surface area contributed by atoms with E-state index in [4.69, 9.17) is 0 Å². The topological polar surface area (TPSA) is 58.2 Å². The second kappa shape index (κ2) is 5.54. The molecule has 4 rings (SSSR count). The number of hydrogen-bond acceptors (Lipinski definition) is 2. The minimum absolute atomic E-state index is 0.0662. The molecule has 116 valence electrons. The number of benzene rings is 2. The lowest BCUT2D eigenvalue weighted by atomic mass is 9.96. The highest BCUT2D eigenvalue weighted by molar-refractivity contribution is 6.04. The molecule has 2 aliphatic rings. The zero-order chi connectivity index (χ0) is 15.8. The molecule has 0 fully saturated rings. The van der Waals surface area contributed by atoms with Crippen molar-refractivity contribution in [1.29, 1.82) is 0 Å². The van der Waals surface area contributed by atoms with Gasteiger partial charge in [0, 0.05) is 12.1 Å². The molecule has 2 amide bonds. The van der Waals surface area contributed by atoms with E-state index in [-0.39, 0.29) is 30.2 Å². The second-order valence-corrected chi connectivity index (χ2v) is 6.19. The fourth-order valence-corrected chi connectivity index (χ4v) is 3.62. The van der Waals surface area contributed by atoms with Crippen molar-refractivity contribution in [3.63, 3.8) is 0 Å². The summed E-state index contributed by atoms with van der Waals surface area (Å²) in [5.74, 6) is -0.542. The summed E-state index contributed by atoms with van der Waals surface area (Å²) in [4.78, 5) is 24.5. The molecular weight excluding hydrogens is 288 g/mol. The van der Waals surface area contributed by atoms with Crippen molar-refractivity contribution in [1.82, 2.24) is 5.32 Å². The van der Waals surface area contributed by atoms with Gasteiger partial charge in [0.05, 0.1) is 12.0 Å². The van der Waals surface area contributed by atoms with Crippen LogP contribution in [0.5, 0.6) is 0 Å². The third kappa shape index (κ3) is 2.50. The Kier molecular flexibility index (Phi) is 3.37. The van der Waals surface area contributed by atoms with Crippen LogP contribution < -0.4 is 10.6 Å². The van der Waals surface area contributed by atoms with Crippen molar-refractivity contribution >= 4 is 17.5 Å². The van der Waals surface area contributed by atoms with Gasteiger partial charge in [-0.05, 0) is 35.6 Å². The molecule has 0 saturated carbocycles. The maximum Gasteiger partial charge on any atom is 0.232 e. The zero-order valence-corrected chi connectivity index (χ0v) is 12.7. The summed E-state index contributed by atoms with van der Waals surface area (Å²) in [6.45, 7) is 0. The molecule has 4 nitrogen and oxygen atoms in total. The number of para-hydroxylation sites is 1. The van der Waals surface area contributed by atoms with Gasteiger partial charge in [-0.3, -0.25) is 9.59 Å². The molecule has 0 bridgehead atoms. The fourth-order valence-electron chi connectivity index (χ4n) is 3.62. The maximum absolute atomic E-state index is 12.4.